The van der Waals surface area contributed by atoms with E-state index in [9.17, 15) is 4.79 Å². The molecule has 0 spiro atoms. The zero-order valence-corrected chi connectivity index (χ0v) is 9.10. The van der Waals surface area contributed by atoms with Gasteiger partial charge in [0, 0.05) is 31.1 Å². The summed E-state index contributed by atoms with van der Waals surface area (Å²) in [4.78, 5) is 19.7. The van der Waals surface area contributed by atoms with E-state index in [-0.39, 0.29) is 11.9 Å². The van der Waals surface area contributed by atoms with Gasteiger partial charge < -0.3 is 5.32 Å². The lowest BCUT2D eigenvalue weighted by Crippen LogP contribution is -2.32. The molecule has 0 saturated carbocycles. The van der Waals surface area contributed by atoms with Gasteiger partial charge in [-0.05, 0) is 19.3 Å². The maximum absolute atomic E-state index is 11.6. The van der Waals surface area contributed by atoms with Gasteiger partial charge in [-0.15, -0.1) is 0 Å². The summed E-state index contributed by atoms with van der Waals surface area (Å²) in [7, 11) is 0. The predicted molar refractivity (Wildman–Crippen MR) is 60.7 cm³/mol. The average Bonchev–Trinajstić information content (AvgIpc) is 2.81. The molecule has 1 unspecified atom stereocenters. The van der Waals surface area contributed by atoms with Gasteiger partial charge in [-0.1, -0.05) is 12.2 Å². The van der Waals surface area contributed by atoms with Crippen LogP contribution in [-0.2, 0) is 11.2 Å². The Bertz CT molecular complexity index is 375. The summed E-state index contributed by atoms with van der Waals surface area (Å²) in [6, 6.07) is 0.231. The fourth-order valence-corrected chi connectivity index (χ4v) is 1.73. The quantitative estimate of drug-likeness (QED) is 0.772. The van der Waals surface area contributed by atoms with E-state index < -0.39 is 0 Å². The summed E-state index contributed by atoms with van der Waals surface area (Å²) >= 11 is 0. The third-order valence-corrected chi connectivity index (χ3v) is 2.58. The van der Waals surface area contributed by atoms with Crippen molar-refractivity contribution in [1.82, 2.24) is 15.3 Å². The minimum absolute atomic E-state index is 0.0854. The molecule has 4 nitrogen and oxygen atoms in total. The first-order valence-electron chi connectivity index (χ1n) is 5.55. The van der Waals surface area contributed by atoms with Gasteiger partial charge in [0.1, 0.15) is 0 Å². The molecule has 0 saturated heterocycles. The number of carbonyl (C=O) groups is 1. The summed E-state index contributed by atoms with van der Waals surface area (Å²) < 4.78 is 0. The smallest absolute Gasteiger partial charge is 0.220 e. The number of aryl methyl sites for hydroxylation is 1. The topological polar surface area (TPSA) is 54.9 Å². The molecule has 0 fully saturated rings. The Hall–Kier alpha value is -1.71. The van der Waals surface area contributed by atoms with Crippen molar-refractivity contribution >= 4 is 5.91 Å². The van der Waals surface area contributed by atoms with E-state index in [0.717, 1.165) is 18.5 Å². The van der Waals surface area contributed by atoms with Gasteiger partial charge in [-0.25, -0.2) is 0 Å². The van der Waals surface area contributed by atoms with E-state index in [1.165, 1.54) is 0 Å². The molecule has 1 N–H and O–H groups in total. The molecule has 84 valence electrons. The molecule has 2 rings (SSSR count). The van der Waals surface area contributed by atoms with Crippen LogP contribution >= 0.6 is 0 Å². The van der Waals surface area contributed by atoms with Gasteiger partial charge in [0.25, 0.3) is 0 Å². The minimum atomic E-state index is 0.0854. The number of aromatic nitrogens is 2. The molecule has 1 amide bonds. The minimum Gasteiger partial charge on any atom is -0.350 e. The van der Waals surface area contributed by atoms with E-state index >= 15 is 0 Å². The van der Waals surface area contributed by atoms with Crippen molar-refractivity contribution < 1.29 is 4.79 Å². The van der Waals surface area contributed by atoms with Crippen LogP contribution < -0.4 is 5.32 Å². The SMILES string of the molecule is O=C(CCc1cnccn1)NC1C=CCC1. The summed E-state index contributed by atoms with van der Waals surface area (Å²) in [5.41, 5.74) is 0.861. The Morgan fingerprint density at radius 3 is 3.12 bits per heavy atom. The number of hydrogen-bond acceptors (Lipinski definition) is 3. The molecule has 0 radical (unpaired) electrons. The van der Waals surface area contributed by atoms with Crippen LogP contribution in [0.25, 0.3) is 0 Å². The largest absolute Gasteiger partial charge is 0.350 e. The number of amides is 1. The molecule has 1 aromatic rings. The lowest BCUT2D eigenvalue weighted by molar-refractivity contribution is -0.121. The molecule has 1 aliphatic carbocycles. The lowest BCUT2D eigenvalue weighted by Gasteiger charge is -2.10. The van der Waals surface area contributed by atoms with Crippen LogP contribution in [0.2, 0.25) is 0 Å². The number of carbonyl (C=O) groups excluding carboxylic acids is 1. The Kier molecular flexibility index (Phi) is 3.64. The fourth-order valence-electron chi connectivity index (χ4n) is 1.73. The fraction of sp³-hybridized carbons (Fsp3) is 0.417. The maximum atomic E-state index is 11.6. The van der Waals surface area contributed by atoms with Crippen LogP contribution in [0.15, 0.2) is 30.7 Å². The summed E-state index contributed by atoms with van der Waals surface area (Å²) in [5.74, 6) is 0.0854. The van der Waals surface area contributed by atoms with Gasteiger partial charge in [-0.3, -0.25) is 14.8 Å². The van der Waals surface area contributed by atoms with Crippen molar-refractivity contribution in [3.63, 3.8) is 0 Å². The second-order valence-electron chi connectivity index (χ2n) is 3.88. The van der Waals surface area contributed by atoms with Crippen LogP contribution in [0, 0.1) is 0 Å². The van der Waals surface area contributed by atoms with Crippen molar-refractivity contribution in [3.8, 4) is 0 Å². The van der Waals surface area contributed by atoms with Crippen LogP contribution in [0.3, 0.4) is 0 Å². The molecule has 4 heteroatoms. The number of rotatable bonds is 4. The van der Waals surface area contributed by atoms with Crippen molar-refractivity contribution in [2.24, 2.45) is 0 Å². The first kappa shape index (κ1) is 10.8. The Morgan fingerprint density at radius 1 is 1.50 bits per heavy atom. The Morgan fingerprint density at radius 2 is 2.44 bits per heavy atom. The third kappa shape index (κ3) is 3.15. The maximum Gasteiger partial charge on any atom is 0.220 e. The molecule has 1 aliphatic rings. The highest BCUT2D eigenvalue weighted by Crippen LogP contribution is 2.09. The molecule has 1 aromatic heterocycles. The Balaban J connectivity index is 1.73. The lowest BCUT2D eigenvalue weighted by atomic mass is 10.2. The number of allylic oxidation sites excluding steroid dienone is 1. The first-order valence-corrected chi connectivity index (χ1v) is 5.55. The van der Waals surface area contributed by atoms with Crippen LogP contribution in [0.1, 0.15) is 25.0 Å². The highest BCUT2D eigenvalue weighted by atomic mass is 16.1. The molecule has 0 bridgehead atoms. The second-order valence-corrected chi connectivity index (χ2v) is 3.88. The molecule has 0 aliphatic heterocycles. The first-order chi connectivity index (χ1) is 7.84. The molecular weight excluding hydrogens is 202 g/mol. The monoisotopic (exact) mass is 217 g/mol. The second kappa shape index (κ2) is 5.39. The average molecular weight is 217 g/mol. The molecule has 1 heterocycles. The Labute approximate surface area is 94.8 Å². The number of nitrogens with one attached hydrogen (secondary N) is 1. The molecular formula is C12H15N3O. The van der Waals surface area contributed by atoms with Crippen molar-refractivity contribution in [2.45, 2.75) is 31.7 Å². The van der Waals surface area contributed by atoms with E-state index in [4.69, 9.17) is 0 Å². The van der Waals surface area contributed by atoms with E-state index in [1.54, 1.807) is 18.6 Å². The highest BCUT2D eigenvalue weighted by Gasteiger charge is 2.11. The van der Waals surface area contributed by atoms with Crippen LogP contribution in [0.4, 0.5) is 0 Å². The summed E-state index contributed by atoms with van der Waals surface area (Å²) in [6.07, 6.45) is 12.3. The molecule has 1 atom stereocenters. The molecule has 0 aromatic carbocycles. The van der Waals surface area contributed by atoms with E-state index in [2.05, 4.69) is 27.4 Å². The van der Waals surface area contributed by atoms with E-state index in [1.807, 2.05) is 0 Å². The van der Waals surface area contributed by atoms with Gasteiger partial charge in [0.2, 0.25) is 5.91 Å². The van der Waals surface area contributed by atoms with Crippen LogP contribution in [0.5, 0.6) is 0 Å². The van der Waals surface area contributed by atoms with Crippen molar-refractivity contribution in [2.75, 3.05) is 0 Å². The van der Waals surface area contributed by atoms with Crippen molar-refractivity contribution in [1.29, 1.82) is 0 Å². The summed E-state index contributed by atoms with van der Waals surface area (Å²) in [5, 5.41) is 2.98. The third-order valence-electron chi connectivity index (χ3n) is 2.58. The van der Waals surface area contributed by atoms with E-state index in [0.29, 0.717) is 12.8 Å². The van der Waals surface area contributed by atoms with Crippen LogP contribution in [-0.4, -0.2) is 21.9 Å². The van der Waals surface area contributed by atoms with Gasteiger partial charge >= 0.3 is 0 Å². The predicted octanol–water partition coefficient (Wildman–Crippen LogP) is 1.24. The molecule has 16 heavy (non-hydrogen) atoms. The standard InChI is InChI=1S/C12H15N3O/c16-12(15-10-3-1-2-4-10)6-5-11-9-13-7-8-14-11/h1,3,7-10H,2,4-6H2,(H,15,16). The van der Waals surface area contributed by atoms with Crippen molar-refractivity contribution in [3.05, 3.63) is 36.4 Å². The normalized spacial score (nSPS) is 18.6. The van der Waals surface area contributed by atoms with Gasteiger partial charge in [-0.2, -0.15) is 0 Å². The number of nitrogens with zero attached hydrogens (tertiary/aromatic N) is 2. The van der Waals surface area contributed by atoms with Gasteiger partial charge in [0.05, 0.1) is 5.69 Å². The summed E-state index contributed by atoms with van der Waals surface area (Å²) in [6.45, 7) is 0. The van der Waals surface area contributed by atoms with Gasteiger partial charge in [0.15, 0.2) is 0 Å². The number of hydrogen-bond donors (Lipinski definition) is 1. The highest BCUT2D eigenvalue weighted by molar-refractivity contribution is 5.76. The zero-order valence-electron chi connectivity index (χ0n) is 9.10. The zero-order chi connectivity index (χ0) is 11.2.